The predicted molar refractivity (Wildman–Crippen MR) is 123 cm³/mol. The van der Waals surface area contributed by atoms with E-state index in [0.717, 1.165) is 40.7 Å². The molecule has 1 heterocycles. The van der Waals surface area contributed by atoms with Crippen LogP contribution in [0.3, 0.4) is 0 Å². The highest BCUT2D eigenvalue weighted by atomic mass is 32.2. The number of hydrogen-bond donors (Lipinski definition) is 1. The number of sulfonamides is 1. The number of halogens is 1. The monoisotopic (exact) mass is 465 g/mol. The molecule has 1 N–H and O–H groups in total. The van der Waals surface area contributed by atoms with Gasteiger partial charge in [-0.1, -0.05) is 18.2 Å². The molecule has 0 aliphatic rings. The lowest BCUT2D eigenvalue weighted by Gasteiger charge is -2.12. The number of fused-ring (bicyclic) bond motifs is 1. The van der Waals surface area contributed by atoms with E-state index in [2.05, 4.69) is 14.9 Å². The molecule has 0 saturated heterocycles. The van der Waals surface area contributed by atoms with Gasteiger partial charge in [-0.05, 0) is 60.2 Å². The van der Waals surface area contributed by atoms with Gasteiger partial charge >= 0.3 is 0 Å². The second-order valence-electron chi connectivity index (χ2n) is 7.00. The highest BCUT2D eigenvalue weighted by molar-refractivity contribution is 7.89. The normalized spacial score (nSPS) is 11.6. The summed E-state index contributed by atoms with van der Waals surface area (Å²) in [5, 5.41) is 4.79. The number of nitrogens with one attached hydrogen (secondary N) is 1. The van der Waals surface area contributed by atoms with Crippen molar-refractivity contribution < 1.29 is 22.3 Å². The molecule has 0 atom stereocenters. The standard InChI is InChI=1S/C24H20FN3O4S/c1-31-22-12-7-17(15-27-28-33(29,30)21-10-8-20(25)9-11-21)14-19(22)16-32-23-6-2-4-18-5-3-13-26-24(18)23/h2-15,28H,16H2,1H3/b27-15-. The fraction of sp³-hybridized carbons (Fsp3) is 0.0833. The topological polar surface area (TPSA) is 89.9 Å². The summed E-state index contributed by atoms with van der Waals surface area (Å²) < 4.78 is 49.0. The number of nitrogens with zero attached hydrogens (tertiary/aromatic N) is 2. The molecule has 0 fully saturated rings. The minimum atomic E-state index is -3.91. The highest BCUT2D eigenvalue weighted by Gasteiger charge is 2.12. The van der Waals surface area contributed by atoms with Gasteiger partial charge in [0.15, 0.2) is 0 Å². The number of pyridine rings is 1. The summed E-state index contributed by atoms with van der Waals surface area (Å²) in [5.41, 5.74) is 2.13. The zero-order valence-electron chi connectivity index (χ0n) is 17.6. The Morgan fingerprint density at radius 2 is 1.82 bits per heavy atom. The van der Waals surface area contributed by atoms with Gasteiger partial charge in [-0.3, -0.25) is 4.98 Å². The molecule has 0 amide bonds. The summed E-state index contributed by atoms with van der Waals surface area (Å²) in [4.78, 5) is 6.41. The quantitative estimate of drug-likeness (QED) is 0.310. The smallest absolute Gasteiger partial charge is 0.276 e. The Bertz CT molecular complexity index is 1400. The fourth-order valence-electron chi connectivity index (χ4n) is 3.18. The van der Waals surface area contributed by atoms with Crippen molar-refractivity contribution in [2.24, 2.45) is 5.10 Å². The van der Waals surface area contributed by atoms with Gasteiger partial charge in [-0.25, -0.2) is 9.22 Å². The van der Waals surface area contributed by atoms with Crippen LogP contribution < -0.4 is 14.3 Å². The van der Waals surface area contributed by atoms with E-state index in [1.165, 1.54) is 6.21 Å². The van der Waals surface area contributed by atoms with E-state index in [9.17, 15) is 12.8 Å². The van der Waals surface area contributed by atoms with E-state index >= 15 is 0 Å². The molecule has 0 aliphatic carbocycles. The molecule has 4 aromatic rings. The maximum atomic E-state index is 13.0. The van der Waals surface area contributed by atoms with Gasteiger partial charge in [0.05, 0.1) is 18.2 Å². The second kappa shape index (κ2) is 9.66. The average Bonchev–Trinajstić information content (AvgIpc) is 2.83. The molecule has 4 rings (SSSR count). The van der Waals surface area contributed by atoms with Crippen LogP contribution in [0.4, 0.5) is 4.39 Å². The van der Waals surface area contributed by atoms with E-state index in [4.69, 9.17) is 9.47 Å². The van der Waals surface area contributed by atoms with Crippen molar-refractivity contribution in [3.8, 4) is 11.5 Å². The lowest BCUT2D eigenvalue weighted by Crippen LogP contribution is -2.18. The number of aromatic nitrogens is 1. The average molecular weight is 466 g/mol. The first-order valence-corrected chi connectivity index (χ1v) is 11.4. The summed E-state index contributed by atoms with van der Waals surface area (Å²) in [7, 11) is -2.35. The molecule has 0 saturated carbocycles. The number of benzene rings is 3. The van der Waals surface area contributed by atoms with Crippen LogP contribution in [0.1, 0.15) is 11.1 Å². The molecule has 1 aromatic heterocycles. The minimum Gasteiger partial charge on any atom is -0.496 e. The largest absolute Gasteiger partial charge is 0.496 e. The van der Waals surface area contributed by atoms with Gasteiger partial charge in [-0.2, -0.15) is 13.5 Å². The predicted octanol–water partition coefficient (Wildman–Crippen LogP) is 4.27. The van der Waals surface area contributed by atoms with Crippen LogP contribution in [0, 0.1) is 5.82 Å². The summed E-state index contributed by atoms with van der Waals surface area (Å²) in [6, 6.07) is 19.3. The first-order chi connectivity index (χ1) is 16.0. The van der Waals surface area contributed by atoms with E-state index in [0.29, 0.717) is 17.1 Å². The minimum absolute atomic E-state index is 0.0893. The van der Waals surface area contributed by atoms with Gasteiger partial charge in [0.25, 0.3) is 10.0 Å². The highest BCUT2D eigenvalue weighted by Crippen LogP contribution is 2.26. The zero-order chi connectivity index (χ0) is 23.3. The third kappa shape index (κ3) is 5.27. The van der Waals surface area contributed by atoms with Gasteiger partial charge in [-0.15, -0.1) is 0 Å². The molecule has 0 unspecified atom stereocenters. The summed E-state index contributed by atoms with van der Waals surface area (Å²) in [6.45, 7) is 0.210. The van der Waals surface area contributed by atoms with Gasteiger partial charge in [0.2, 0.25) is 0 Å². The van der Waals surface area contributed by atoms with Crippen molar-refractivity contribution >= 4 is 27.1 Å². The lowest BCUT2D eigenvalue weighted by molar-refractivity contribution is 0.299. The van der Waals surface area contributed by atoms with Crippen molar-refractivity contribution in [3.63, 3.8) is 0 Å². The van der Waals surface area contributed by atoms with Crippen LogP contribution in [-0.2, 0) is 16.6 Å². The number of para-hydroxylation sites is 1. The van der Waals surface area contributed by atoms with Crippen molar-refractivity contribution in [2.75, 3.05) is 7.11 Å². The molecular formula is C24H20FN3O4S. The molecule has 0 radical (unpaired) electrons. The summed E-state index contributed by atoms with van der Waals surface area (Å²) >= 11 is 0. The van der Waals surface area contributed by atoms with Gasteiger partial charge in [0.1, 0.15) is 29.4 Å². The number of hydrazone groups is 1. The van der Waals surface area contributed by atoms with E-state index in [1.807, 2.05) is 30.3 Å². The Morgan fingerprint density at radius 3 is 2.61 bits per heavy atom. The molecule has 0 spiro atoms. The third-order valence-corrected chi connectivity index (χ3v) is 6.03. The number of rotatable bonds is 8. The molecule has 3 aromatic carbocycles. The Morgan fingerprint density at radius 1 is 1.03 bits per heavy atom. The molecule has 33 heavy (non-hydrogen) atoms. The van der Waals surface area contributed by atoms with Gasteiger partial charge in [0, 0.05) is 17.1 Å². The molecular weight excluding hydrogens is 445 g/mol. The Hall–Kier alpha value is -3.98. The third-order valence-electron chi connectivity index (χ3n) is 4.79. The van der Waals surface area contributed by atoms with E-state index in [1.54, 1.807) is 31.5 Å². The van der Waals surface area contributed by atoms with Crippen LogP contribution >= 0.6 is 0 Å². The number of methoxy groups -OCH3 is 1. The van der Waals surface area contributed by atoms with Crippen LogP contribution in [0.15, 0.2) is 89.0 Å². The van der Waals surface area contributed by atoms with Crippen molar-refractivity contribution in [1.29, 1.82) is 0 Å². The SMILES string of the molecule is COc1ccc(/C=N\NS(=O)(=O)c2ccc(F)cc2)cc1COc1cccc2cccnc12. The van der Waals surface area contributed by atoms with Crippen LogP contribution in [-0.4, -0.2) is 26.7 Å². The Kier molecular flexibility index (Phi) is 6.50. The lowest BCUT2D eigenvalue weighted by atomic mass is 10.1. The Labute approximate surface area is 190 Å². The number of hydrogen-bond acceptors (Lipinski definition) is 6. The second-order valence-corrected chi connectivity index (χ2v) is 8.66. The van der Waals surface area contributed by atoms with E-state index < -0.39 is 15.8 Å². The first-order valence-electron chi connectivity index (χ1n) is 9.90. The molecule has 0 aliphatic heterocycles. The van der Waals surface area contributed by atoms with Crippen molar-refractivity contribution in [1.82, 2.24) is 9.82 Å². The fourth-order valence-corrected chi connectivity index (χ4v) is 3.97. The van der Waals surface area contributed by atoms with E-state index in [-0.39, 0.29) is 11.5 Å². The van der Waals surface area contributed by atoms with Crippen molar-refractivity contribution in [3.05, 3.63) is 95.9 Å². The summed E-state index contributed by atoms with van der Waals surface area (Å²) in [6.07, 6.45) is 3.07. The van der Waals surface area contributed by atoms with Crippen LogP contribution in [0.5, 0.6) is 11.5 Å². The first kappa shape index (κ1) is 22.2. The van der Waals surface area contributed by atoms with Crippen LogP contribution in [0.25, 0.3) is 10.9 Å². The van der Waals surface area contributed by atoms with Gasteiger partial charge < -0.3 is 9.47 Å². The maximum absolute atomic E-state index is 13.0. The van der Waals surface area contributed by atoms with Crippen molar-refractivity contribution in [2.45, 2.75) is 11.5 Å². The zero-order valence-corrected chi connectivity index (χ0v) is 18.4. The molecule has 9 heteroatoms. The summed E-state index contributed by atoms with van der Waals surface area (Å²) in [5.74, 6) is 0.734. The number of ether oxygens (including phenoxy) is 2. The molecule has 7 nitrogen and oxygen atoms in total. The molecule has 168 valence electrons. The Balaban J connectivity index is 1.50. The van der Waals surface area contributed by atoms with Crippen LogP contribution in [0.2, 0.25) is 0 Å². The molecule has 0 bridgehead atoms. The maximum Gasteiger partial charge on any atom is 0.276 e.